The van der Waals surface area contributed by atoms with E-state index in [9.17, 15) is 10.1 Å². The number of anilines is 2. The van der Waals surface area contributed by atoms with Crippen LogP contribution in [0.4, 0.5) is 16.6 Å². The molecule has 5 atom stereocenters. The summed E-state index contributed by atoms with van der Waals surface area (Å²) in [6.45, 7) is 8.76. The minimum Gasteiger partial charge on any atom is -0.444 e. The van der Waals surface area contributed by atoms with Crippen LogP contribution in [-0.2, 0) is 11.3 Å². The molecule has 0 radical (unpaired) electrons. The van der Waals surface area contributed by atoms with E-state index in [1.165, 1.54) is 42.6 Å². The van der Waals surface area contributed by atoms with Gasteiger partial charge >= 0.3 is 6.09 Å². The summed E-state index contributed by atoms with van der Waals surface area (Å²) >= 11 is 1.73. The Kier molecular flexibility index (Phi) is 8.98. The molecule has 4 aliphatic carbocycles. The van der Waals surface area contributed by atoms with Crippen LogP contribution in [0.3, 0.4) is 0 Å². The van der Waals surface area contributed by atoms with Crippen molar-refractivity contribution in [2.45, 2.75) is 94.8 Å². The Hall–Kier alpha value is -3.03. The van der Waals surface area contributed by atoms with E-state index < -0.39 is 5.60 Å². The lowest BCUT2D eigenvalue weighted by Gasteiger charge is -2.61. The average Bonchev–Trinajstić information content (AvgIpc) is 3.00. The highest BCUT2D eigenvalue weighted by Gasteiger charge is 2.55. The molecule has 44 heavy (non-hydrogen) atoms. The van der Waals surface area contributed by atoms with Gasteiger partial charge in [-0.1, -0.05) is 18.2 Å². The number of benzene rings is 1. The first-order valence-electron chi connectivity index (χ1n) is 16.2. The predicted molar refractivity (Wildman–Crippen MR) is 175 cm³/mol. The number of carbonyl (C=O) groups excluding carboxylic acids is 1. The van der Waals surface area contributed by atoms with E-state index in [1.807, 2.05) is 31.7 Å². The molecule has 7 rings (SSSR count). The number of carbonyl (C=O) groups is 1. The largest absolute Gasteiger partial charge is 0.444 e. The van der Waals surface area contributed by atoms with Crippen LogP contribution in [0.1, 0.15) is 76.8 Å². The van der Waals surface area contributed by atoms with Crippen LogP contribution >= 0.6 is 11.8 Å². The Bertz CT molecular complexity index is 1360. The fourth-order valence-electron chi connectivity index (χ4n) is 8.49. The summed E-state index contributed by atoms with van der Waals surface area (Å²) < 4.78 is 5.60. The third kappa shape index (κ3) is 6.94. The summed E-state index contributed by atoms with van der Waals surface area (Å²) in [5.74, 6) is 3.32. The zero-order valence-electron chi connectivity index (χ0n) is 26.6. The molecule has 2 heterocycles. The number of hydrogen-bond donors (Lipinski definition) is 3. The van der Waals surface area contributed by atoms with Gasteiger partial charge in [0.25, 0.3) is 0 Å². The van der Waals surface area contributed by atoms with Crippen LogP contribution in [0.2, 0.25) is 0 Å². The minimum atomic E-state index is -0.458. The fraction of sp³-hybridized carbons (Fsp3) is 0.647. The van der Waals surface area contributed by atoms with Crippen molar-refractivity contribution in [3.05, 3.63) is 41.6 Å². The van der Waals surface area contributed by atoms with Gasteiger partial charge in [0.2, 0.25) is 5.95 Å². The fourth-order valence-corrected chi connectivity index (χ4v) is 9.10. The molecule has 4 saturated carbocycles. The molecule has 1 aromatic heterocycles. The Morgan fingerprint density at radius 1 is 1.14 bits per heavy atom. The van der Waals surface area contributed by atoms with Gasteiger partial charge in [0, 0.05) is 43.2 Å². The molecule has 1 saturated heterocycles. The van der Waals surface area contributed by atoms with Crippen LogP contribution in [-0.4, -0.2) is 64.5 Å². The van der Waals surface area contributed by atoms with E-state index in [4.69, 9.17) is 9.72 Å². The van der Waals surface area contributed by atoms with Gasteiger partial charge in [-0.15, -0.1) is 11.8 Å². The average molecular weight is 618 g/mol. The Labute approximate surface area is 266 Å². The number of thioether (sulfide) groups is 1. The summed E-state index contributed by atoms with van der Waals surface area (Å²) in [5, 5.41) is 20.9. The molecular weight excluding hydrogens is 570 g/mol. The highest BCUT2D eigenvalue weighted by atomic mass is 32.2. The maximum atomic E-state index is 12.5. The van der Waals surface area contributed by atoms with Gasteiger partial charge in [0.1, 0.15) is 23.1 Å². The number of nitriles is 1. The highest BCUT2D eigenvalue weighted by Crippen LogP contribution is 2.60. The first-order chi connectivity index (χ1) is 21.1. The van der Waals surface area contributed by atoms with Gasteiger partial charge in [-0.2, -0.15) is 10.2 Å². The molecule has 10 heteroatoms. The number of piperidine rings is 1. The van der Waals surface area contributed by atoms with Gasteiger partial charge in [0.05, 0.1) is 6.20 Å². The zero-order valence-corrected chi connectivity index (χ0v) is 27.4. The third-order valence-electron chi connectivity index (χ3n) is 10.1. The normalized spacial score (nSPS) is 28.0. The van der Waals surface area contributed by atoms with Crippen molar-refractivity contribution in [3.63, 3.8) is 0 Å². The lowest BCUT2D eigenvalue weighted by Crippen LogP contribution is -2.62. The molecule has 1 aromatic carbocycles. The monoisotopic (exact) mass is 617 g/mol. The van der Waals surface area contributed by atoms with Crippen LogP contribution < -0.4 is 16.0 Å². The second-order valence-electron chi connectivity index (χ2n) is 14.5. The zero-order chi connectivity index (χ0) is 30.9. The van der Waals surface area contributed by atoms with Crippen molar-refractivity contribution in [1.82, 2.24) is 20.2 Å². The molecule has 3 N–H and O–H groups in total. The number of amides is 1. The van der Waals surface area contributed by atoms with Gasteiger partial charge < -0.3 is 25.6 Å². The molecule has 0 spiro atoms. The van der Waals surface area contributed by atoms with E-state index in [2.05, 4.69) is 51.5 Å². The van der Waals surface area contributed by atoms with Crippen LogP contribution in [0.15, 0.2) is 35.4 Å². The van der Waals surface area contributed by atoms with Crippen molar-refractivity contribution in [1.29, 1.82) is 5.26 Å². The molecular formula is C34H47N7O2S. The van der Waals surface area contributed by atoms with Crippen molar-refractivity contribution in [2.75, 3.05) is 36.5 Å². The molecule has 4 bridgehead atoms. The number of nitrogens with one attached hydrogen (secondary N) is 3. The topological polar surface area (TPSA) is 115 Å². The summed E-state index contributed by atoms with van der Waals surface area (Å²) in [7, 11) is 0. The third-order valence-corrected chi connectivity index (χ3v) is 11.0. The number of rotatable bonds is 9. The van der Waals surface area contributed by atoms with Crippen LogP contribution in [0.5, 0.6) is 0 Å². The maximum absolute atomic E-state index is 12.5. The van der Waals surface area contributed by atoms with E-state index in [0.717, 1.165) is 38.4 Å². The highest BCUT2D eigenvalue weighted by molar-refractivity contribution is 7.98. The second-order valence-corrected chi connectivity index (χ2v) is 15.3. The summed E-state index contributed by atoms with van der Waals surface area (Å²) in [4.78, 5) is 24.8. The number of nitrogens with zero attached hydrogens (tertiary/aromatic N) is 4. The molecule has 236 valence electrons. The van der Waals surface area contributed by atoms with Gasteiger partial charge in [-0.25, -0.2) is 9.78 Å². The molecule has 1 amide bonds. The standard InChI is InChI=1S/C34H47N7O2S/c1-33(2,3)43-32(42)41-11-9-27(10-12-41)39-29-24-13-22-14-25(29)17-34(15-22,16-24)21-38-30-26(18-35)20-37-31(40-30)36-19-23-7-5-6-8-28(23)44-4/h5-8,20,22,24-25,27,29,39H,9-17,19,21H2,1-4H3,(H2,36,37,38,40)/t22?,24-,25+,29?,34?. The molecule has 9 nitrogen and oxygen atoms in total. The van der Waals surface area contributed by atoms with Crippen molar-refractivity contribution in [3.8, 4) is 6.07 Å². The van der Waals surface area contributed by atoms with E-state index >= 15 is 0 Å². The van der Waals surface area contributed by atoms with Gasteiger partial charge in [0.15, 0.2) is 0 Å². The maximum Gasteiger partial charge on any atom is 0.410 e. The van der Waals surface area contributed by atoms with Crippen molar-refractivity contribution >= 4 is 29.6 Å². The second kappa shape index (κ2) is 12.8. The van der Waals surface area contributed by atoms with Crippen molar-refractivity contribution < 1.29 is 9.53 Å². The van der Waals surface area contributed by atoms with E-state index in [1.54, 1.807) is 18.0 Å². The number of aromatic nitrogens is 2. The molecule has 5 fully saturated rings. The first kappa shape index (κ1) is 31.0. The minimum absolute atomic E-state index is 0.188. The Morgan fingerprint density at radius 3 is 2.55 bits per heavy atom. The quantitative estimate of drug-likeness (QED) is 0.280. The predicted octanol–water partition coefficient (Wildman–Crippen LogP) is 6.28. The lowest BCUT2D eigenvalue weighted by atomic mass is 9.48. The van der Waals surface area contributed by atoms with Crippen LogP contribution in [0, 0.1) is 34.5 Å². The smallest absolute Gasteiger partial charge is 0.410 e. The molecule has 2 aromatic rings. The Balaban J connectivity index is 1.05. The molecule has 3 unspecified atom stereocenters. The Morgan fingerprint density at radius 2 is 1.86 bits per heavy atom. The van der Waals surface area contributed by atoms with E-state index in [-0.39, 0.29) is 11.5 Å². The van der Waals surface area contributed by atoms with Crippen molar-refractivity contribution in [2.24, 2.45) is 23.2 Å². The van der Waals surface area contributed by atoms with Crippen LogP contribution in [0.25, 0.3) is 0 Å². The summed E-state index contributed by atoms with van der Waals surface area (Å²) in [5.41, 5.74) is 1.48. The number of hydrogen-bond acceptors (Lipinski definition) is 9. The number of likely N-dealkylation sites (tertiary alicyclic amines) is 1. The lowest BCUT2D eigenvalue weighted by molar-refractivity contribution is -0.0735. The molecule has 1 aliphatic heterocycles. The van der Waals surface area contributed by atoms with Gasteiger partial charge in [-0.05, 0) is 107 Å². The first-order valence-corrected chi connectivity index (χ1v) is 17.5. The van der Waals surface area contributed by atoms with E-state index in [0.29, 0.717) is 47.8 Å². The number of ether oxygens (including phenoxy) is 1. The van der Waals surface area contributed by atoms with Gasteiger partial charge in [-0.3, -0.25) is 0 Å². The summed E-state index contributed by atoms with van der Waals surface area (Å²) in [6, 6.07) is 11.6. The SMILES string of the molecule is CSc1ccccc1CNc1ncc(C#N)c(NCC23CC4C[C@H](C2)C(NC2CCN(C(=O)OC(C)(C)C)CC2)[C@@H](C4)C3)n1. The summed E-state index contributed by atoms with van der Waals surface area (Å²) in [6.07, 6.45) is 11.8. The molecule has 5 aliphatic rings.